The fraction of sp³-hybridized carbons (Fsp3) is 0.273. The number of carboxylic acid groups (broad SMARTS) is 1. The van der Waals surface area contributed by atoms with Gasteiger partial charge in [0.25, 0.3) is 11.8 Å². The molecule has 2 aliphatic heterocycles. The number of phenols is 2. The molecule has 1 aromatic heterocycles. The Hall–Kier alpha value is -3.93. The second-order valence-electron chi connectivity index (χ2n) is 8.53. The van der Waals surface area contributed by atoms with E-state index < -0.39 is 43.8 Å². The minimum atomic E-state index is -4.02. The lowest BCUT2D eigenvalue weighted by Gasteiger charge is -2.37. The summed E-state index contributed by atoms with van der Waals surface area (Å²) >= 11 is 0. The topological polar surface area (TPSA) is 174 Å². The van der Waals surface area contributed by atoms with Crippen LogP contribution < -0.4 is 5.32 Å². The number of sulfone groups is 1. The van der Waals surface area contributed by atoms with Gasteiger partial charge < -0.3 is 25.5 Å². The minimum Gasteiger partial charge on any atom is -0.504 e. The van der Waals surface area contributed by atoms with E-state index in [-0.39, 0.29) is 34.9 Å². The lowest BCUT2D eigenvalue weighted by molar-refractivity contribution is -0.152. The second kappa shape index (κ2) is 7.83. The number of nitrogens with one attached hydrogen (secondary N) is 1. The number of nitrogens with zero attached hydrogens (tertiary/aromatic N) is 2. The van der Waals surface area contributed by atoms with Gasteiger partial charge in [0.2, 0.25) is 0 Å². The molecule has 0 bridgehead atoms. The van der Waals surface area contributed by atoms with Gasteiger partial charge in [-0.05, 0) is 49.8 Å². The molecule has 4 rings (SSSR count). The molecule has 0 unspecified atom stereocenters. The molecule has 2 saturated heterocycles. The molecule has 0 saturated carbocycles. The summed E-state index contributed by atoms with van der Waals surface area (Å²) in [5.74, 6) is -3.21. The number of β-lactam (4-membered cyclic amide) rings is 1. The maximum Gasteiger partial charge on any atom is 0.328 e. The zero-order valence-corrected chi connectivity index (χ0v) is 18.9. The maximum atomic E-state index is 13.0. The average Bonchev–Trinajstić information content (AvgIpc) is 2.92. The Balaban J connectivity index is 1.56. The number of hydrogen-bond acceptors (Lipinski definition) is 8. The number of carbonyl (C=O) groups is 3. The third-order valence-corrected chi connectivity index (χ3v) is 8.80. The van der Waals surface area contributed by atoms with Gasteiger partial charge in [0, 0.05) is 18.3 Å². The zero-order chi connectivity index (χ0) is 25.0. The van der Waals surface area contributed by atoms with Crippen molar-refractivity contribution in [1.82, 2.24) is 15.2 Å². The highest BCUT2D eigenvalue weighted by atomic mass is 32.2. The summed E-state index contributed by atoms with van der Waals surface area (Å²) in [5.41, 5.74) is 0.778. The minimum absolute atomic E-state index is 0.0604. The number of amides is 2. The molecule has 12 heteroatoms. The van der Waals surface area contributed by atoms with Gasteiger partial charge in [-0.3, -0.25) is 14.6 Å². The van der Waals surface area contributed by atoms with Crippen LogP contribution in [0.2, 0.25) is 0 Å². The highest BCUT2D eigenvalue weighted by Gasteiger charge is 2.70. The van der Waals surface area contributed by atoms with E-state index in [0.29, 0.717) is 5.56 Å². The Labute approximate surface area is 194 Å². The largest absolute Gasteiger partial charge is 0.504 e. The Kier molecular flexibility index (Phi) is 5.35. The summed E-state index contributed by atoms with van der Waals surface area (Å²) < 4.78 is 24.2. The number of benzene rings is 1. The fourth-order valence-corrected chi connectivity index (χ4v) is 6.25. The standard InChI is InChI=1S/C22H21N3O8S/c1-22(2)17(21(30)31)25-19(29)14(20(25)34(22,32)33)9-13-8-12(5-6-23-13)18(28)24-10-11-3-4-15(26)16(27)7-11/h3-9,17,20,26-27H,10H2,1-2H3,(H,24,28)(H,30,31)/b14-9-/t17-,20+/m0/s1. The first-order valence-corrected chi connectivity index (χ1v) is 11.7. The number of pyridine rings is 1. The van der Waals surface area contributed by atoms with E-state index in [2.05, 4.69) is 10.3 Å². The van der Waals surface area contributed by atoms with Gasteiger partial charge in [-0.1, -0.05) is 6.07 Å². The summed E-state index contributed by atoms with van der Waals surface area (Å²) in [5, 5.41) is 29.7. The number of aromatic nitrogens is 1. The maximum absolute atomic E-state index is 13.0. The predicted octanol–water partition coefficient (Wildman–Crippen LogP) is 0.635. The van der Waals surface area contributed by atoms with E-state index in [4.69, 9.17) is 0 Å². The first-order valence-electron chi connectivity index (χ1n) is 10.1. The Bertz CT molecular complexity index is 1370. The number of phenolic OH excluding ortho intramolecular Hbond substituents is 2. The molecule has 3 heterocycles. The van der Waals surface area contributed by atoms with Crippen LogP contribution in [0, 0.1) is 0 Å². The number of hydrogen-bond donors (Lipinski definition) is 4. The SMILES string of the molecule is CC1(C)[C@H](C(=O)O)N2C(=O)/C(=C/c3cc(C(=O)NCc4ccc(O)c(O)c4)ccn3)[C@H]2S1(=O)=O. The second-order valence-corrected chi connectivity index (χ2v) is 11.1. The van der Waals surface area contributed by atoms with E-state index in [1.54, 1.807) is 0 Å². The smallest absolute Gasteiger partial charge is 0.328 e. The molecular weight excluding hydrogens is 466 g/mol. The fourth-order valence-electron chi connectivity index (χ4n) is 4.13. The number of rotatable bonds is 5. The van der Waals surface area contributed by atoms with Crippen molar-refractivity contribution in [2.75, 3.05) is 0 Å². The van der Waals surface area contributed by atoms with Gasteiger partial charge in [-0.15, -0.1) is 0 Å². The summed E-state index contributed by atoms with van der Waals surface area (Å²) in [7, 11) is -4.02. The Morgan fingerprint density at radius 3 is 2.53 bits per heavy atom. The molecule has 2 aliphatic rings. The van der Waals surface area contributed by atoms with Crippen LogP contribution in [0.4, 0.5) is 0 Å². The van der Waals surface area contributed by atoms with Gasteiger partial charge in [-0.2, -0.15) is 0 Å². The number of carboxylic acids is 1. The molecule has 178 valence electrons. The molecular formula is C22H21N3O8S. The van der Waals surface area contributed by atoms with Crippen molar-refractivity contribution in [2.45, 2.75) is 36.6 Å². The van der Waals surface area contributed by atoms with Crippen LogP contribution in [0.15, 0.2) is 42.1 Å². The van der Waals surface area contributed by atoms with E-state index >= 15 is 0 Å². The molecule has 2 fully saturated rings. The molecule has 4 N–H and O–H groups in total. The first kappa shape index (κ1) is 23.2. The summed E-state index contributed by atoms with van der Waals surface area (Å²) in [6.07, 6.45) is 2.57. The van der Waals surface area contributed by atoms with Crippen molar-refractivity contribution in [3.05, 3.63) is 58.9 Å². The zero-order valence-electron chi connectivity index (χ0n) is 18.1. The molecule has 11 nitrogen and oxygen atoms in total. The van der Waals surface area contributed by atoms with Gasteiger partial charge >= 0.3 is 5.97 Å². The van der Waals surface area contributed by atoms with Crippen molar-refractivity contribution in [3.63, 3.8) is 0 Å². The highest BCUT2D eigenvalue weighted by molar-refractivity contribution is 7.94. The van der Waals surface area contributed by atoms with Crippen molar-refractivity contribution in [2.24, 2.45) is 0 Å². The Morgan fingerprint density at radius 1 is 1.18 bits per heavy atom. The van der Waals surface area contributed by atoms with Crippen LogP contribution in [0.3, 0.4) is 0 Å². The number of fused-ring (bicyclic) bond motifs is 1. The molecule has 0 radical (unpaired) electrons. The van der Waals surface area contributed by atoms with E-state index in [1.165, 1.54) is 56.5 Å². The lowest BCUT2D eigenvalue weighted by atomic mass is 9.95. The lowest BCUT2D eigenvalue weighted by Crippen LogP contribution is -2.58. The first-order chi connectivity index (χ1) is 15.9. The van der Waals surface area contributed by atoms with Gasteiger partial charge in [-0.25, -0.2) is 13.2 Å². The van der Waals surface area contributed by atoms with Crippen LogP contribution >= 0.6 is 0 Å². The van der Waals surface area contributed by atoms with Gasteiger partial charge in [0.1, 0.15) is 4.75 Å². The number of aromatic hydroxyl groups is 2. The average molecular weight is 487 g/mol. The quantitative estimate of drug-likeness (QED) is 0.268. The predicted molar refractivity (Wildman–Crippen MR) is 118 cm³/mol. The van der Waals surface area contributed by atoms with Crippen molar-refractivity contribution in [1.29, 1.82) is 0 Å². The van der Waals surface area contributed by atoms with Gasteiger partial charge in [0.05, 0.1) is 11.3 Å². The highest BCUT2D eigenvalue weighted by Crippen LogP contribution is 2.48. The van der Waals surface area contributed by atoms with Crippen LogP contribution in [0.25, 0.3) is 6.08 Å². The molecule has 34 heavy (non-hydrogen) atoms. The van der Waals surface area contributed by atoms with Crippen molar-refractivity contribution in [3.8, 4) is 11.5 Å². The van der Waals surface area contributed by atoms with Crippen LogP contribution in [0.5, 0.6) is 11.5 Å². The van der Waals surface area contributed by atoms with Crippen molar-refractivity contribution < 1.29 is 38.1 Å². The number of carbonyl (C=O) groups excluding carboxylic acids is 2. The monoisotopic (exact) mass is 487 g/mol. The van der Waals surface area contributed by atoms with Crippen molar-refractivity contribution >= 4 is 33.7 Å². The molecule has 2 atom stereocenters. The van der Waals surface area contributed by atoms with E-state index in [0.717, 1.165) is 4.90 Å². The van der Waals surface area contributed by atoms with Gasteiger partial charge in [0.15, 0.2) is 32.8 Å². The molecule has 0 spiro atoms. The third kappa shape index (κ3) is 3.46. The Morgan fingerprint density at radius 2 is 1.88 bits per heavy atom. The molecule has 1 aromatic carbocycles. The van der Waals surface area contributed by atoms with E-state index in [9.17, 15) is 38.1 Å². The summed E-state index contributed by atoms with van der Waals surface area (Å²) in [6.45, 7) is 2.62. The molecule has 0 aliphatic carbocycles. The van der Waals surface area contributed by atoms with Crippen LogP contribution in [0.1, 0.15) is 35.5 Å². The van der Waals surface area contributed by atoms with E-state index in [1.807, 2.05) is 0 Å². The third-order valence-electron chi connectivity index (χ3n) is 6.04. The summed E-state index contributed by atoms with van der Waals surface area (Å²) in [6, 6.07) is 5.42. The summed E-state index contributed by atoms with van der Waals surface area (Å²) in [4.78, 5) is 41.8. The van der Waals surface area contributed by atoms with Crippen LogP contribution in [-0.2, 0) is 26.0 Å². The van der Waals surface area contributed by atoms with Crippen LogP contribution in [-0.4, -0.2) is 67.6 Å². The normalized spacial score (nSPS) is 23.3. The molecule has 2 amide bonds. The number of aliphatic carboxylic acids is 1. The molecule has 2 aromatic rings.